The monoisotopic (exact) mass is 476 g/mol. The van der Waals surface area contributed by atoms with E-state index in [-0.39, 0.29) is 0 Å². The van der Waals surface area contributed by atoms with Crippen LogP contribution in [0, 0.1) is 0 Å². The molecule has 0 fully saturated rings. The van der Waals surface area contributed by atoms with Crippen molar-refractivity contribution in [3.8, 4) is 11.1 Å². The summed E-state index contributed by atoms with van der Waals surface area (Å²) in [5.41, 5.74) is -1.27. The van der Waals surface area contributed by atoms with Gasteiger partial charge in [-0.05, 0) is 99.9 Å². The molecule has 0 heteroatoms. The molecule has 0 atom stereocenters. The summed E-state index contributed by atoms with van der Waals surface area (Å²) in [5, 5.41) is -6.15. The van der Waals surface area contributed by atoms with Gasteiger partial charge in [-0.3, -0.25) is 0 Å². The molecule has 0 aliphatic rings. The first-order valence-electron chi connectivity index (χ1n) is 21.8. The molecule has 0 aliphatic heterocycles. The summed E-state index contributed by atoms with van der Waals surface area (Å²) in [6.45, 7) is 0. The lowest BCUT2D eigenvalue weighted by molar-refractivity contribution is 1.72. The maximum absolute atomic E-state index is 9.75. The van der Waals surface area contributed by atoms with E-state index in [0.29, 0.717) is 0 Å². The first-order valence-corrected chi connectivity index (χ1v) is 10.8. The second kappa shape index (κ2) is 7.41. The molecule has 0 amide bonds. The summed E-state index contributed by atoms with van der Waals surface area (Å²) in [6, 6.07) is -17.3. The molecule has 8 aromatic carbocycles. The van der Waals surface area contributed by atoms with Crippen LogP contribution < -0.4 is 0 Å². The fourth-order valence-corrected chi connectivity index (χ4v) is 4.41. The average Bonchev–Trinajstić information content (AvgIpc) is 3.18. The van der Waals surface area contributed by atoms with Crippen LogP contribution in [0.25, 0.3) is 75.8 Å². The lowest BCUT2D eigenvalue weighted by atomic mass is 9.88. The summed E-state index contributed by atoms with van der Waals surface area (Å²) in [6.07, 6.45) is 0. The third-order valence-electron chi connectivity index (χ3n) is 6.00. The van der Waals surface area contributed by atoms with Gasteiger partial charge in [0.2, 0.25) is 0 Å². The SMILES string of the molecule is [2H]c1c([2H])c([2H])c2c([2H])c3c(c([2H])c([2H])c4c([2H])c([2H])c(-c5c6c([2H])c([2H])c([2H])c([2H])c6c([2H])c6c5c([2H])c([2H])c5c([2H])c([2H])c([2H])c([2H])c56)c([2H])c43)c([2H])c2c1[2H]. The van der Waals surface area contributed by atoms with Gasteiger partial charge in [0.05, 0.1) is 30.2 Å². The molecule has 0 aliphatic carbocycles. The predicted molar refractivity (Wildman–Crippen MR) is 157 cm³/mol. The van der Waals surface area contributed by atoms with Crippen LogP contribution in [0.5, 0.6) is 0 Å². The number of fused-ring (bicyclic) bond motifs is 8. The molecule has 0 radical (unpaired) electrons. The maximum atomic E-state index is 9.75. The Hall–Kier alpha value is -4.68. The molecule has 0 heterocycles. The summed E-state index contributed by atoms with van der Waals surface area (Å²) in [4.78, 5) is 0. The van der Waals surface area contributed by atoms with Crippen LogP contribution in [-0.4, -0.2) is 0 Å². The first kappa shape index (κ1) is 7.91. The van der Waals surface area contributed by atoms with Crippen molar-refractivity contribution < 1.29 is 30.2 Å². The Labute approximate surface area is 239 Å². The molecule has 0 N–H and O–H groups in total. The fraction of sp³-hybridized carbons (Fsp3) is 0. The highest BCUT2D eigenvalue weighted by atomic mass is 14.2. The van der Waals surface area contributed by atoms with Crippen LogP contribution in [0.15, 0.2) is 133 Å². The van der Waals surface area contributed by atoms with Gasteiger partial charge in [0.25, 0.3) is 0 Å². The van der Waals surface area contributed by atoms with Gasteiger partial charge in [-0.2, -0.15) is 0 Å². The number of hydrogen-bond donors (Lipinski definition) is 0. The summed E-state index contributed by atoms with van der Waals surface area (Å²) >= 11 is 0. The van der Waals surface area contributed by atoms with Gasteiger partial charge < -0.3 is 0 Å². The quantitative estimate of drug-likeness (QED) is 0.163. The summed E-state index contributed by atoms with van der Waals surface area (Å²) in [7, 11) is 0. The minimum atomic E-state index is -0.904. The van der Waals surface area contributed by atoms with E-state index in [0.717, 1.165) is 0 Å². The molecular formula is C36H22. The van der Waals surface area contributed by atoms with Gasteiger partial charge in [0.1, 0.15) is 0 Å². The summed E-state index contributed by atoms with van der Waals surface area (Å²) in [5.74, 6) is 0. The Bertz CT molecular complexity index is 3350. The normalized spacial score (nSPS) is 20.4. The summed E-state index contributed by atoms with van der Waals surface area (Å²) < 4.78 is 195. The largest absolute Gasteiger partial charge is 0.0636 e. The van der Waals surface area contributed by atoms with Crippen LogP contribution in [0.4, 0.5) is 0 Å². The third kappa shape index (κ3) is 2.82. The topological polar surface area (TPSA) is 0 Å². The molecule has 0 spiro atoms. The highest BCUT2D eigenvalue weighted by molar-refractivity contribution is 6.21. The van der Waals surface area contributed by atoms with Gasteiger partial charge in [-0.25, -0.2) is 0 Å². The molecule has 0 saturated carbocycles. The molecule has 36 heavy (non-hydrogen) atoms. The van der Waals surface area contributed by atoms with Crippen molar-refractivity contribution in [2.45, 2.75) is 0 Å². The van der Waals surface area contributed by atoms with Crippen molar-refractivity contribution in [2.24, 2.45) is 0 Å². The lowest BCUT2D eigenvalue weighted by Crippen LogP contribution is -1.88. The molecule has 0 nitrogen and oxygen atoms in total. The highest BCUT2D eigenvalue weighted by Gasteiger charge is 2.13. The minimum Gasteiger partial charge on any atom is -0.0616 e. The number of benzene rings is 8. The van der Waals surface area contributed by atoms with E-state index in [2.05, 4.69) is 0 Å². The van der Waals surface area contributed by atoms with E-state index in [1.165, 1.54) is 0 Å². The zero-order valence-electron chi connectivity index (χ0n) is 40.0. The van der Waals surface area contributed by atoms with Crippen LogP contribution in [0.3, 0.4) is 0 Å². The Morgan fingerprint density at radius 3 is 1.69 bits per heavy atom. The van der Waals surface area contributed by atoms with Gasteiger partial charge in [0.15, 0.2) is 0 Å². The Morgan fingerprint density at radius 1 is 0.306 bits per heavy atom. The van der Waals surface area contributed by atoms with Crippen molar-refractivity contribution in [3.63, 3.8) is 0 Å². The Kier molecular flexibility index (Phi) is 1.63. The molecule has 8 rings (SSSR count). The number of rotatable bonds is 1. The van der Waals surface area contributed by atoms with Crippen LogP contribution in [-0.2, 0) is 0 Å². The van der Waals surface area contributed by atoms with Crippen molar-refractivity contribution >= 4 is 64.6 Å². The van der Waals surface area contributed by atoms with Crippen molar-refractivity contribution in [3.05, 3.63) is 133 Å². The van der Waals surface area contributed by atoms with Crippen molar-refractivity contribution in [1.29, 1.82) is 0 Å². The van der Waals surface area contributed by atoms with E-state index in [4.69, 9.17) is 21.9 Å². The molecule has 0 saturated heterocycles. The molecule has 166 valence electrons. The standard InChI is InChI=1S/C36H22/c1-2-9-26-20-34-28(19-25(26)8-1)15-13-24-14-16-29(22-33(24)34)36-31-12-6-4-10-27(31)21-35-30-11-5-3-7-23(30)17-18-32(35)36/h1-22H/i1D,2D,3D,4D,5D,6D,7D,8D,9D,10D,11D,12D,13D,14D,15D,16D,17D,18D,19D,20D,21D,22D. The van der Waals surface area contributed by atoms with Gasteiger partial charge in [0, 0.05) is 0 Å². The molecule has 8 aromatic rings. The van der Waals surface area contributed by atoms with E-state index in [1.54, 1.807) is 0 Å². The van der Waals surface area contributed by atoms with E-state index in [1.807, 2.05) is 0 Å². The molecule has 0 bridgehead atoms. The van der Waals surface area contributed by atoms with Crippen LogP contribution in [0.1, 0.15) is 30.2 Å². The Morgan fingerprint density at radius 2 is 0.833 bits per heavy atom. The maximum Gasteiger partial charge on any atom is 0.0636 e. The minimum absolute atomic E-state index is 0.456. The van der Waals surface area contributed by atoms with E-state index in [9.17, 15) is 8.22 Å². The van der Waals surface area contributed by atoms with E-state index < -0.39 is 209 Å². The zero-order valence-corrected chi connectivity index (χ0v) is 18.0. The van der Waals surface area contributed by atoms with Crippen LogP contribution >= 0.6 is 0 Å². The van der Waals surface area contributed by atoms with Gasteiger partial charge in [-0.15, -0.1) is 0 Å². The first-order chi connectivity index (χ1) is 27.0. The van der Waals surface area contributed by atoms with Gasteiger partial charge in [-0.1, -0.05) is 109 Å². The predicted octanol–water partition coefficient (Wildman–Crippen LogP) is 10.3. The zero-order chi connectivity index (χ0) is 42.8. The highest BCUT2D eigenvalue weighted by Crippen LogP contribution is 2.41. The number of hydrogen-bond acceptors (Lipinski definition) is 0. The second-order valence-corrected chi connectivity index (χ2v) is 8.00. The van der Waals surface area contributed by atoms with Crippen LogP contribution in [0.2, 0.25) is 0 Å². The molecular weight excluding hydrogens is 432 g/mol. The average molecular weight is 477 g/mol. The fourth-order valence-electron chi connectivity index (χ4n) is 4.41. The van der Waals surface area contributed by atoms with E-state index >= 15 is 0 Å². The lowest BCUT2D eigenvalue weighted by Gasteiger charge is -2.15. The van der Waals surface area contributed by atoms with Crippen molar-refractivity contribution in [1.82, 2.24) is 0 Å². The van der Waals surface area contributed by atoms with Crippen molar-refractivity contribution in [2.75, 3.05) is 0 Å². The smallest absolute Gasteiger partial charge is 0.0616 e. The molecule has 0 unspecified atom stereocenters. The van der Waals surface area contributed by atoms with Gasteiger partial charge >= 0.3 is 0 Å². The molecule has 0 aromatic heterocycles. The Balaban J connectivity index is 1.78. The third-order valence-corrected chi connectivity index (χ3v) is 6.00. The second-order valence-electron chi connectivity index (χ2n) is 8.00.